The van der Waals surface area contributed by atoms with E-state index in [0.717, 1.165) is 30.3 Å². The number of phenolic OH excluding ortho intramolecular Hbond substituents is 2. The number of phenols is 2. The van der Waals surface area contributed by atoms with E-state index in [4.69, 9.17) is 0 Å². The SMILES string of the molecule is O=C(Nc1ccc(F)cc1F)c1cc(O)cc(O)c1. The van der Waals surface area contributed by atoms with Crippen molar-refractivity contribution in [3.05, 3.63) is 53.6 Å². The van der Waals surface area contributed by atoms with Crippen LogP contribution in [0.3, 0.4) is 0 Å². The first-order valence-corrected chi connectivity index (χ1v) is 5.25. The van der Waals surface area contributed by atoms with E-state index >= 15 is 0 Å². The fraction of sp³-hybridized carbons (Fsp3) is 0. The van der Waals surface area contributed by atoms with Gasteiger partial charge in [0.15, 0.2) is 0 Å². The number of benzene rings is 2. The minimum absolute atomic E-state index is 0.0544. The number of carbonyl (C=O) groups excluding carboxylic acids is 1. The molecule has 1 amide bonds. The Kier molecular flexibility index (Phi) is 3.33. The largest absolute Gasteiger partial charge is 0.508 e. The first-order valence-electron chi connectivity index (χ1n) is 5.25. The third-order valence-corrected chi connectivity index (χ3v) is 2.34. The van der Waals surface area contributed by atoms with Gasteiger partial charge in [-0.05, 0) is 24.3 Å². The van der Waals surface area contributed by atoms with Crippen LogP contribution < -0.4 is 5.32 Å². The molecule has 0 aliphatic carbocycles. The van der Waals surface area contributed by atoms with Gasteiger partial charge in [-0.25, -0.2) is 8.78 Å². The van der Waals surface area contributed by atoms with Gasteiger partial charge in [0.05, 0.1) is 5.69 Å². The zero-order valence-electron chi connectivity index (χ0n) is 9.52. The number of anilines is 1. The van der Waals surface area contributed by atoms with Gasteiger partial charge in [-0.2, -0.15) is 0 Å². The van der Waals surface area contributed by atoms with Crippen molar-refractivity contribution in [2.24, 2.45) is 0 Å². The van der Waals surface area contributed by atoms with Crippen molar-refractivity contribution in [3.8, 4) is 11.5 Å². The van der Waals surface area contributed by atoms with Gasteiger partial charge in [0, 0.05) is 17.7 Å². The number of halogens is 2. The molecule has 0 bridgehead atoms. The highest BCUT2D eigenvalue weighted by Crippen LogP contribution is 2.22. The van der Waals surface area contributed by atoms with Crippen LogP contribution in [0.1, 0.15) is 10.4 Å². The van der Waals surface area contributed by atoms with Crippen molar-refractivity contribution in [2.75, 3.05) is 5.32 Å². The number of nitrogens with one attached hydrogen (secondary N) is 1. The molecule has 0 saturated heterocycles. The van der Waals surface area contributed by atoms with Crippen LogP contribution in [-0.2, 0) is 0 Å². The Morgan fingerprint density at radius 2 is 1.63 bits per heavy atom. The van der Waals surface area contributed by atoms with Gasteiger partial charge in [-0.3, -0.25) is 4.79 Å². The smallest absolute Gasteiger partial charge is 0.256 e. The predicted molar refractivity (Wildman–Crippen MR) is 64.1 cm³/mol. The molecule has 0 heterocycles. The van der Waals surface area contributed by atoms with Crippen molar-refractivity contribution in [3.63, 3.8) is 0 Å². The molecule has 98 valence electrons. The van der Waals surface area contributed by atoms with Crippen LogP contribution in [0.4, 0.5) is 14.5 Å². The summed E-state index contributed by atoms with van der Waals surface area (Å²) < 4.78 is 26.0. The van der Waals surface area contributed by atoms with Crippen LogP contribution in [0.2, 0.25) is 0 Å². The first-order chi connectivity index (χ1) is 8.95. The number of carbonyl (C=O) groups is 1. The molecule has 19 heavy (non-hydrogen) atoms. The minimum atomic E-state index is -0.919. The molecule has 0 spiro atoms. The fourth-order valence-electron chi connectivity index (χ4n) is 1.51. The normalized spacial score (nSPS) is 10.2. The van der Waals surface area contributed by atoms with Gasteiger partial charge in [0.2, 0.25) is 0 Å². The van der Waals surface area contributed by atoms with E-state index in [1.165, 1.54) is 0 Å². The monoisotopic (exact) mass is 265 g/mol. The summed E-state index contributed by atoms with van der Waals surface area (Å²) in [7, 11) is 0. The van der Waals surface area contributed by atoms with E-state index in [-0.39, 0.29) is 22.7 Å². The molecular weight excluding hydrogens is 256 g/mol. The molecule has 2 rings (SSSR count). The van der Waals surface area contributed by atoms with Crippen molar-refractivity contribution in [2.45, 2.75) is 0 Å². The van der Waals surface area contributed by atoms with Crippen molar-refractivity contribution in [1.29, 1.82) is 0 Å². The Morgan fingerprint density at radius 3 is 2.21 bits per heavy atom. The van der Waals surface area contributed by atoms with E-state index in [1.807, 2.05) is 0 Å². The molecule has 0 fully saturated rings. The quantitative estimate of drug-likeness (QED) is 0.781. The summed E-state index contributed by atoms with van der Waals surface area (Å²) in [5.74, 6) is -3.02. The van der Waals surface area contributed by atoms with Crippen LogP contribution in [-0.4, -0.2) is 16.1 Å². The van der Waals surface area contributed by atoms with Gasteiger partial charge in [-0.1, -0.05) is 0 Å². The number of rotatable bonds is 2. The van der Waals surface area contributed by atoms with Gasteiger partial charge >= 0.3 is 0 Å². The lowest BCUT2D eigenvalue weighted by Crippen LogP contribution is -2.13. The van der Waals surface area contributed by atoms with E-state index in [2.05, 4.69) is 5.32 Å². The zero-order chi connectivity index (χ0) is 14.0. The van der Waals surface area contributed by atoms with E-state index in [0.29, 0.717) is 6.07 Å². The summed E-state index contributed by atoms with van der Waals surface area (Å²) in [4.78, 5) is 11.8. The molecule has 0 radical (unpaired) electrons. The van der Waals surface area contributed by atoms with Crippen LogP contribution >= 0.6 is 0 Å². The third-order valence-electron chi connectivity index (χ3n) is 2.34. The summed E-state index contributed by atoms with van der Waals surface area (Å²) in [6.07, 6.45) is 0. The third kappa shape index (κ3) is 2.98. The molecule has 6 heteroatoms. The Balaban J connectivity index is 2.25. The lowest BCUT2D eigenvalue weighted by atomic mass is 10.2. The van der Waals surface area contributed by atoms with Crippen molar-refractivity contribution >= 4 is 11.6 Å². The van der Waals surface area contributed by atoms with Crippen molar-refractivity contribution in [1.82, 2.24) is 0 Å². The number of hydrogen-bond donors (Lipinski definition) is 3. The first kappa shape index (κ1) is 12.8. The molecule has 3 N–H and O–H groups in total. The average Bonchev–Trinajstić information content (AvgIpc) is 2.31. The Labute approximate surface area is 106 Å². The summed E-state index contributed by atoms with van der Waals surface area (Å²) in [5.41, 5.74) is -0.254. The summed E-state index contributed by atoms with van der Waals surface area (Å²) in [5, 5.41) is 20.7. The van der Waals surface area contributed by atoms with Gasteiger partial charge in [-0.15, -0.1) is 0 Å². The summed E-state index contributed by atoms with van der Waals surface area (Å²) in [6, 6.07) is 5.97. The lowest BCUT2D eigenvalue weighted by molar-refractivity contribution is 0.102. The molecule has 0 atom stereocenters. The van der Waals surface area contributed by atoms with Crippen LogP contribution in [0.25, 0.3) is 0 Å². The van der Waals surface area contributed by atoms with Gasteiger partial charge < -0.3 is 15.5 Å². The van der Waals surface area contributed by atoms with E-state index in [9.17, 15) is 23.8 Å². The topological polar surface area (TPSA) is 69.6 Å². The molecule has 0 saturated carbocycles. The van der Waals surface area contributed by atoms with E-state index in [1.54, 1.807) is 0 Å². The molecule has 4 nitrogen and oxygen atoms in total. The molecule has 0 aliphatic rings. The van der Waals surface area contributed by atoms with Crippen LogP contribution in [0.5, 0.6) is 11.5 Å². The summed E-state index contributed by atoms with van der Waals surface area (Å²) in [6.45, 7) is 0. The van der Waals surface area contributed by atoms with Crippen LogP contribution in [0.15, 0.2) is 36.4 Å². The average molecular weight is 265 g/mol. The number of amides is 1. The molecular formula is C13H9F2NO3. The second-order valence-electron chi connectivity index (χ2n) is 3.82. The molecule has 2 aromatic rings. The predicted octanol–water partition coefficient (Wildman–Crippen LogP) is 2.63. The molecule has 2 aromatic carbocycles. The second kappa shape index (κ2) is 4.93. The maximum Gasteiger partial charge on any atom is 0.256 e. The number of hydrogen-bond acceptors (Lipinski definition) is 3. The van der Waals surface area contributed by atoms with E-state index < -0.39 is 17.5 Å². The lowest BCUT2D eigenvalue weighted by Gasteiger charge is -2.07. The van der Waals surface area contributed by atoms with Crippen molar-refractivity contribution < 1.29 is 23.8 Å². The Bertz CT molecular complexity index is 624. The Hall–Kier alpha value is -2.63. The highest BCUT2D eigenvalue weighted by atomic mass is 19.1. The van der Waals surface area contributed by atoms with Gasteiger partial charge in [0.25, 0.3) is 5.91 Å². The fourth-order valence-corrected chi connectivity index (χ4v) is 1.51. The molecule has 0 unspecified atom stereocenters. The standard InChI is InChI=1S/C13H9F2NO3/c14-8-1-2-12(11(15)5-8)16-13(19)7-3-9(17)6-10(18)4-7/h1-6,17-18H,(H,16,19). The summed E-state index contributed by atoms with van der Waals surface area (Å²) >= 11 is 0. The molecule has 0 aromatic heterocycles. The van der Waals surface area contributed by atoms with Crippen LogP contribution in [0, 0.1) is 11.6 Å². The van der Waals surface area contributed by atoms with Gasteiger partial charge in [0.1, 0.15) is 23.1 Å². The Morgan fingerprint density at radius 1 is 1.00 bits per heavy atom. The highest BCUT2D eigenvalue weighted by molar-refractivity contribution is 6.04. The maximum atomic E-state index is 13.3. The maximum absolute atomic E-state index is 13.3. The number of aromatic hydroxyl groups is 2. The minimum Gasteiger partial charge on any atom is -0.508 e. The zero-order valence-corrected chi connectivity index (χ0v) is 9.52. The molecule has 0 aliphatic heterocycles. The highest BCUT2D eigenvalue weighted by Gasteiger charge is 2.11. The second-order valence-corrected chi connectivity index (χ2v) is 3.82.